The number of anilines is 1. The summed E-state index contributed by atoms with van der Waals surface area (Å²) in [6.45, 7) is 6.52. The summed E-state index contributed by atoms with van der Waals surface area (Å²) >= 11 is 6.04. The Labute approximate surface area is 209 Å². The number of nitrogens with zero attached hydrogens (tertiary/aromatic N) is 2. The second-order valence-electron chi connectivity index (χ2n) is 9.03. The summed E-state index contributed by atoms with van der Waals surface area (Å²) in [4.78, 5) is 12.4. The minimum absolute atomic E-state index is 0.0770. The van der Waals surface area contributed by atoms with Gasteiger partial charge in [-0.2, -0.15) is 0 Å². The van der Waals surface area contributed by atoms with E-state index in [1.54, 1.807) is 43.5 Å². The zero-order chi connectivity index (χ0) is 25.0. The zero-order valence-corrected chi connectivity index (χ0v) is 20.8. The molecule has 1 N–H and O–H groups in total. The quantitative estimate of drug-likeness (QED) is 0.296. The number of methoxy groups -OCH3 is 1. The van der Waals surface area contributed by atoms with Crippen molar-refractivity contribution in [3.63, 3.8) is 0 Å². The van der Waals surface area contributed by atoms with E-state index < -0.39 is 0 Å². The van der Waals surface area contributed by atoms with Crippen molar-refractivity contribution in [3.05, 3.63) is 89.0 Å². The third-order valence-electron chi connectivity index (χ3n) is 5.43. The molecule has 0 bridgehead atoms. The van der Waals surface area contributed by atoms with Crippen molar-refractivity contribution in [2.45, 2.75) is 26.2 Å². The van der Waals surface area contributed by atoms with Crippen LogP contribution in [-0.4, -0.2) is 23.2 Å². The zero-order valence-electron chi connectivity index (χ0n) is 20.0. The number of aromatic nitrogens is 2. The molecule has 7 heteroatoms. The topological polar surface area (TPSA) is 77.2 Å². The molecule has 0 saturated heterocycles. The van der Waals surface area contributed by atoms with Gasteiger partial charge >= 0.3 is 0 Å². The van der Waals surface area contributed by atoms with E-state index in [1.165, 1.54) is 11.6 Å². The highest BCUT2D eigenvalue weighted by molar-refractivity contribution is 6.30. The van der Waals surface area contributed by atoms with Crippen molar-refractivity contribution in [3.8, 4) is 28.7 Å². The summed E-state index contributed by atoms with van der Waals surface area (Å²) in [6.07, 6.45) is 3.08. The predicted octanol–water partition coefficient (Wildman–Crippen LogP) is 7.02. The summed E-state index contributed by atoms with van der Waals surface area (Å²) in [6, 6.07) is 20.5. The molecule has 3 aromatic carbocycles. The monoisotopic (exact) mass is 487 g/mol. The van der Waals surface area contributed by atoms with Gasteiger partial charge in [0.05, 0.1) is 7.11 Å². The predicted molar refractivity (Wildman–Crippen MR) is 140 cm³/mol. The van der Waals surface area contributed by atoms with E-state index in [-0.39, 0.29) is 11.3 Å². The highest BCUT2D eigenvalue weighted by Crippen LogP contribution is 2.28. The fourth-order valence-electron chi connectivity index (χ4n) is 3.45. The Morgan fingerprint density at radius 1 is 0.943 bits per heavy atom. The number of hydrogen-bond acceptors (Lipinski definition) is 5. The number of amides is 1. The molecule has 4 rings (SSSR count). The Balaban J connectivity index is 1.42. The minimum atomic E-state index is -0.279. The van der Waals surface area contributed by atoms with Crippen LogP contribution in [0.5, 0.6) is 5.75 Å². The molecular weight excluding hydrogens is 462 g/mol. The average molecular weight is 488 g/mol. The van der Waals surface area contributed by atoms with E-state index in [0.29, 0.717) is 33.8 Å². The number of halogens is 1. The molecule has 0 fully saturated rings. The maximum absolute atomic E-state index is 12.4. The van der Waals surface area contributed by atoms with E-state index in [2.05, 4.69) is 48.4 Å². The molecule has 0 spiro atoms. The average Bonchev–Trinajstić information content (AvgIpc) is 3.33. The van der Waals surface area contributed by atoms with Crippen LogP contribution in [-0.2, 0) is 10.2 Å². The van der Waals surface area contributed by atoms with Gasteiger partial charge in [-0.05, 0) is 71.7 Å². The van der Waals surface area contributed by atoms with Gasteiger partial charge in [0.2, 0.25) is 17.7 Å². The van der Waals surface area contributed by atoms with Crippen molar-refractivity contribution >= 4 is 29.3 Å². The van der Waals surface area contributed by atoms with Crippen molar-refractivity contribution in [1.82, 2.24) is 10.2 Å². The highest BCUT2D eigenvalue weighted by Gasteiger charge is 2.15. The van der Waals surface area contributed by atoms with E-state index >= 15 is 0 Å². The van der Waals surface area contributed by atoms with Gasteiger partial charge in [-0.3, -0.25) is 4.79 Å². The van der Waals surface area contributed by atoms with E-state index in [9.17, 15) is 4.79 Å². The maximum atomic E-state index is 12.4. The fraction of sp³-hybridized carbons (Fsp3) is 0.179. The first kappa shape index (κ1) is 24.2. The number of carbonyl (C=O) groups excluding carboxylic acids is 1. The third kappa shape index (κ3) is 5.97. The lowest BCUT2D eigenvalue weighted by molar-refractivity contribution is -0.111. The smallest absolute Gasteiger partial charge is 0.248 e. The SMILES string of the molecule is COc1ccc(Cl)cc1/C=C/C(=O)Nc1ccc(-c2nnc(-c3ccc(C(C)(C)C)cc3)o2)cc1. The molecule has 0 saturated carbocycles. The largest absolute Gasteiger partial charge is 0.496 e. The lowest BCUT2D eigenvalue weighted by Crippen LogP contribution is -2.10. The van der Waals surface area contributed by atoms with Gasteiger partial charge < -0.3 is 14.5 Å². The molecule has 0 aliphatic rings. The Hall–Kier alpha value is -3.90. The van der Waals surface area contributed by atoms with Gasteiger partial charge in [0, 0.05) is 33.5 Å². The van der Waals surface area contributed by atoms with Crippen molar-refractivity contribution < 1.29 is 13.9 Å². The van der Waals surface area contributed by atoms with Crippen LogP contribution >= 0.6 is 11.6 Å². The number of ether oxygens (including phenoxy) is 1. The van der Waals surface area contributed by atoms with Crippen LogP contribution in [0, 0.1) is 0 Å². The third-order valence-corrected chi connectivity index (χ3v) is 5.66. The molecule has 0 radical (unpaired) electrons. The van der Waals surface area contributed by atoms with Gasteiger partial charge in [0.1, 0.15) is 5.75 Å². The molecule has 0 aliphatic carbocycles. The molecule has 1 heterocycles. The van der Waals surface area contributed by atoms with Crippen LogP contribution in [0.15, 0.2) is 77.2 Å². The number of nitrogens with one attached hydrogen (secondary N) is 1. The molecule has 6 nitrogen and oxygen atoms in total. The highest BCUT2D eigenvalue weighted by atomic mass is 35.5. The van der Waals surface area contributed by atoms with Crippen LogP contribution in [0.4, 0.5) is 5.69 Å². The van der Waals surface area contributed by atoms with Crippen LogP contribution in [0.3, 0.4) is 0 Å². The molecule has 4 aromatic rings. The summed E-state index contributed by atoms with van der Waals surface area (Å²) in [7, 11) is 1.57. The van der Waals surface area contributed by atoms with Gasteiger partial charge in [0.25, 0.3) is 0 Å². The van der Waals surface area contributed by atoms with E-state index in [4.69, 9.17) is 20.8 Å². The van der Waals surface area contributed by atoms with Gasteiger partial charge in [-0.15, -0.1) is 10.2 Å². The number of benzene rings is 3. The first-order chi connectivity index (χ1) is 16.7. The second kappa shape index (κ2) is 10.2. The van der Waals surface area contributed by atoms with Crippen LogP contribution < -0.4 is 10.1 Å². The Bertz CT molecular complexity index is 1350. The van der Waals surface area contributed by atoms with Gasteiger partial charge in [-0.1, -0.05) is 44.5 Å². The van der Waals surface area contributed by atoms with Gasteiger partial charge in [-0.25, -0.2) is 0 Å². The Morgan fingerprint density at radius 3 is 2.11 bits per heavy atom. The second-order valence-corrected chi connectivity index (χ2v) is 9.46. The first-order valence-corrected chi connectivity index (χ1v) is 11.5. The minimum Gasteiger partial charge on any atom is -0.496 e. The molecule has 1 amide bonds. The molecule has 1 aromatic heterocycles. The summed E-state index contributed by atoms with van der Waals surface area (Å²) in [5, 5.41) is 11.7. The molecular formula is C28H26ClN3O3. The van der Waals surface area contributed by atoms with Crippen LogP contribution in [0.2, 0.25) is 5.02 Å². The lowest BCUT2D eigenvalue weighted by Gasteiger charge is -2.18. The molecule has 0 unspecified atom stereocenters. The van der Waals surface area contributed by atoms with Crippen LogP contribution in [0.1, 0.15) is 31.9 Å². The normalized spacial score (nSPS) is 11.6. The molecule has 35 heavy (non-hydrogen) atoms. The molecule has 0 aliphatic heterocycles. The maximum Gasteiger partial charge on any atom is 0.248 e. The lowest BCUT2D eigenvalue weighted by atomic mass is 9.87. The molecule has 178 valence electrons. The van der Waals surface area contributed by atoms with Gasteiger partial charge in [0.15, 0.2) is 0 Å². The fourth-order valence-corrected chi connectivity index (χ4v) is 3.63. The van der Waals surface area contributed by atoms with E-state index in [1.807, 2.05) is 24.3 Å². The Kier molecular flexibility index (Phi) is 7.03. The molecule has 0 atom stereocenters. The Morgan fingerprint density at radius 2 is 1.54 bits per heavy atom. The summed E-state index contributed by atoms with van der Waals surface area (Å²) < 4.78 is 11.2. The number of carbonyl (C=O) groups is 1. The summed E-state index contributed by atoms with van der Waals surface area (Å²) in [5.74, 6) is 1.22. The standard InChI is InChI=1S/C28H26ClN3O3/c1-28(2,3)21-10-5-18(6-11-21)26-31-32-27(35-26)19-7-13-23(14-8-19)30-25(33)16-9-20-17-22(29)12-15-24(20)34-4/h5-17H,1-4H3,(H,30,33)/b16-9+. The van der Waals surface area contributed by atoms with Crippen LogP contribution in [0.25, 0.3) is 29.0 Å². The van der Waals surface area contributed by atoms with Crippen molar-refractivity contribution in [1.29, 1.82) is 0 Å². The first-order valence-electron chi connectivity index (χ1n) is 11.1. The van der Waals surface area contributed by atoms with Crippen molar-refractivity contribution in [2.24, 2.45) is 0 Å². The van der Waals surface area contributed by atoms with Crippen molar-refractivity contribution in [2.75, 3.05) is 12.4 Å². The number of rotatable bonds is 6. The summed E-state index contributed by atoms with van der Waals surface area (Å²) in [5.41, 5.74) is 4.29. The van der Waals surface area contributed by atoms with E-state index in [0.717, 1.165) is 11.1 Å². The number of hydrogen-bond donors (Lipinski definition) is 1.